The molecule has 0 radical (unpaired) electrons. The number of hydrogen-bond acceptors (Lipinski definition) is 4. The zero-order chi connectivity index (χ0) is 13.8. The van der Waals surface area contributed by atoms with Gasteiger partial charge in [0.25, 0.3) is 0 Å². The summed E-state index contributed by atoms with van der Waals surface area (Å²) >= 11 is 5.77. The fourth-order valence-electron chi connectivity index (χ4n) is 1.81. The number of pyridine rings is 1. The molecule has 1 unspecified atom stereocenters. The van der Waals surface area contributed by atoms with Crippen molar-refractivity contribution in [2.75, 3.05) is 7.11 Å². The Morgan fingerprint density at radius 3 is 2.84 bits per heavy atom. The van der Waals surface area contributed by atoms with Crippen molar-refractivity contribution in [1.82, 2.24) is 10.4 Å². The first kappa shape index (κ1) is 14.7. The number of hydrazine groups is 1. The van der Waals surface area contributed by atoms with Crippen LogP contribution in [0.4, 0.5) is 0 Å². The average molecular weight is 434 g/mol. The Labute approximate surface area is 134 Å². The Balaban J connectivity index is 2.46. The largest absolute Gasteiger partial charge is 0.495 e. The van der Waals surface area contributed by atoms with E-state index in [2.05, 4.69) is 48.9 Å². The number of ether oxygens (including phenoxy) is 1. The van der Waals surface area contributed by atoms with E-state index in [1.807, 2.05) is 24.3 Å². The number of nitrogens with one attached hydrogen (secondary N) is 1. The van der Waals surface area contributed by atoms with Gasteiger partial charge in [-0.2, -0.15) is 0 Å². The van der Waals surface area contributed by atoms with Gasteiger partial charge in [-0.05, 0) is 58.0 Å². The van der Waals surface area contributed by atoms with Crippen LogP contribution < -0.4 is 16.0 Å². The van der Waals surface area contributed by atoms with Crippen molar-refractivity contribution in [2.45, 2.75) is 6.04 Å². The molecule has 0 saturated carbocycles. The number of nitrogens with zero attached hydrogens (tertiary/aromatic N) is 1. The molecule has 0 saturated heterocycles. The van der Waals surface area contributed by atoms with Gasteiger partial charge < -0.3 is 4.74 Å². The maximum Gasteiger partial charge on any atom is 0.137 e. The lowest BCUT2D eigenvalue weighted by Crippen LogP contribution is -2.29. The molecule has 0 amide bonds. The van der Waals surface area contributed by atoms with Crippen molar-refractivity contribution in [3.05, 3.63) is 55.8 Å². The molecule has 4 nitrogen and oxygen atoms in total. The zero-order valence-corrected chi connectivity index (χ0v) is 14.0. The molecule has 19 heavy (non-hydrogen) atoms. The second kappa shape index (κ2) is 6.65. The molecule has 1 aromatic carbocycles. The summed E-state index contributed by atoms with van der Waals surface area (Å²) in [5.74, 6) is 6.42. The van der Waals surface area contributed by atoms with E-state index in [0.29, 0.717) is 5.75 Å². The van der Waals surface area contributed by atoms with Gasteiger partial charge in [-0.25, -0.2) is 5.43 Å². The van der Waals surface area contributed by atoms with E-state index in [1.165, 1.54) is 0 Å². The number of nitrogens with two attached hydrogens (primary N) is 1. The van der Waals surface area contributed by atoms with Crippen LogP contribution in [0.3, 0.4) is 0 Å². The van der Waals surface area contributed by atoms with Crippen LogP contribution in [0.15, 0.2) is 41.1 Å². The lowest BCUT2D eigenvalue weighted by Gasteiger charge is -2.19. The summed E-state index contributed by atoms with van der Waals surface area (Å²) in [4.78, 5) is 4.17. The second-order valence-corrected chi connectivity index (χ2v) is 6.00. The van der Waals surface area contributed by atoms with Gasteiger partial charge >= 0.3 is 0 Å². The number of benzene rings is 1. The Bertz CT molecular complexity index is 580. The Hall–Kier alpha value is -0.700. The minimum absolute atomic E-state index is 0.132. The molecule has 3 N–H and O–H groups in total. The van der Waals surface area contributed by atoms with E-state index in [1.54, 1.807) is 19.5 Å². The number of rotatable bonds is 4. The zero-order valence-electron chi connectivity index (χ0n) is 10.2. The van der Waals surface area contributed by atoms with Crippen LogP contribution in [0.2, 0.25) is 0 Å². The fraction of sp³-hybridized carbons (Fsp3) is 0.154. The molecule has 1 atom stereocenters. The predicted molar refractivity (Wildman–Crippen MR) is 86.8 cm³/mol. The third kappa shape index (κ3) is 3.44. The standard InChI is InChI=1S/C13H13BrIN3O/c1-19-10-4-8(6-17-7-10)13(18-16)11-5-9(14)2-3-12(11)15/h2-7,13,18H,16H2,1H3. The van der Waals surface area contributed by atoms with Crippen molar-refractivity contribution in [3.63, 3.8) is 0 Å². The third-order valence-corrected chi connectivity index (χ3v) is 4.21. The van der Waals surface area contributed by atoms with E-state index in [4.69, 9.17) is 10.6 Å². The molecule has 6 heteroatoms. The SMILES string of the molecule is COc1cncc(C(NN)c2cc(Br)ccc2I)c1. The van der Waals surface area contributed by atoms with Gasteiger partial charge in [0.2, 0.25) is 0 Å². The molecule has 0 bridgehead atoms. The van der Waals surface area contributed by atoms with Crippen LogP contribution in [0.1, 0.15) is 17.2 Å². The normalized spacial score (nSPS) is 12.2. The number of aromatic nitrogens is 1. The molecule has 100 valence electrons. The van der Waals surface area contributed by atoms with Gasteiger partial charge in [0.1, 0.15) is 5.75 Å². The molecule has 0 aliphatic heterocycles. The Morgan fingerprint density at radius 2 is 2.16 bits per heavy atom. The van der Waals surface area contributed by atoms with Crippen LogP contribution in [-0.2, 0) is 0 Å². The smallest absolute Gasteiger partial charge is 0.137 e. The van der Waals surface area contributed by atoms with Crippen LogP contribution in [-0.4, -0.2) is 12.1 Å². The summed E-state index contributed by atoms with van der Waals surface area (Å²) in [5, 5.41) is 0. The van der Waals surface area contributed by atoms with E-state index >= 15 is 0 Å². The summed E-state index contributed by atoms with van der Waals surface area (Å²) < 4.78 is 7.34. The highest BCUT2D eigenvalue weighted by Crippen LogP contribution is 2.29. The highest BCUT2D eigenvalue weighted by Gasteiger charge is 2.16. The summed E-state index contributed by atoms with van der Waals surface area (Å²) in [6, 6.07) is 7.88. The highest BCUT2D eigenvalue weighted by molar-refractivity contribution is 14.1. The van der Waals surface area contributed by atoms with E-state index < -0.39 is 0 Å². The maximum atomic E-state index is 5.71. The molecule has 2 rings (SSSR count). The highest BCUT2D eigenvalue weighted by atomic mass is 127. The summed E-state index contributed by atoms with van der Waals surface area (Å²) in [5.41, 5.74) is 4.88. The Morgan fingerprint density at radius 1 is 1.37 bits per heavy atom. The van der Waals surface area contributed by atoms with Gasteiger partial charge in [0, 0.05) is 14.2 Å². The minimum atomic E-state index is -0.132. The van der Waals surface area contributed by atoms with Crippen molar-refractivity contribution in [2.24, 2.45) is 5.84 Å². The molecular formula is C13H13BrIN3O. The van der Waals surface area contributed by atoms with Gasteiger partial charge in [-0.1, -0.05) is 15.9 Å². The summed E-state index contributed by atoms with van der Waals surface area (Å²) in [6.07, 6.45) is 3.45. The second-order valence-electron chi connectivity index (χ2n) is 3.92. The molecular weight excluding hydrogens is 421 g/mol. The maximum absolute atomic E-state index is 5.71. The van der Waals surface area contributed by atoms with E-state index in [9.17, 15) is 0 Å². The first-order chi connectivity index (χ1) is 9.15. The average Bonchev–Trinajstić information content (AvgIpc) is 2.44. The molecule has 0 aliphatic carbocycles. The molecule has 0 aliphatic rings. The topological polar surface area (TPSA) is 60.2 Å². The predicted octanol–water partition coefficient (Wildman–Crippen LogP) is 3.01. The van der Waals surface area contributed by atoms with Gasteiger partial charge in [-0.3, -0.25) is 10.8 Å². The van der Waals surface area contributed by atoms with Crippen LogP contribution >= 0.6 is 38.5 Å². The van der Waals surface area contributed by atoms with Crippen molar-refractivity contribution in [1.29, 1.82) is 0 Å². The van der Waals surface area contributed by atoms with E-state index in [0.717, 1.165) is 19.2 Å². The van der Waals surface area contributed by atoms with E-state index in [-0.39, 0.29) is 6.04 Å². The number of methoxy groups -OCH3 is 1. The van der Waals surface area contributed by atoms with Crippen LogP contribution in [0.25, 0.3) is 0 Å². The first-order valence-electron chi connectivity index (χ1n) is 5.55. The summed E-state index contributed by atoms with van der Waals surface area (Å²) in [7, 11) is 1.62. The van der Waals surface area contributed by atoms with Crippen LogP contribution in [0, 0.1) is 3.57 Å². The first-order valence-corrected chi connectivity index (χ1v) is 7.43. The fourth-order valence-corrected chi connectivity index (χ4v) is 2.83. The van der Waals surface area contributed by atoms with Crippen molar-refractivity contribution < 1.29 is 4.74 Å². The molecule has 2 aromatic rings. The lowest BCUT2D eigenvalue weighted by atomic mass is 10.0. The molecule has 1 aromatic heterocycles. The van der Waals surface area contributed by atoms with Gasteiger partial charge in [-0.15, -0.1) is 0 Å². The van der Waals surface area contributed by atoms with Crippen molar-refractivity contribution in [3.8, 4) is 5.75 Å². The summed E-state index contributed by atoms with van der Waals surface area (Å²) in [6.45, 7) is 0. The van der Waals surface area contributed by atoms with Gasteiger partial charge in [0.05, 0.1) is 19.3 Å². The Kier molecular flexibility index (Phi) is 5.14. The molecule has 0 spiro atoms. The molecule has 1 heterocycles. The number of halogens is 2. The van der Waals surface area contributed by atoms with Gasteiger partial charge in [0.15, 0.2) is 0 Å². The van der Waals surface area contributed by atoms with Crippen LogP contribution in [0.5, 0.6) is 5.75 Å². The lowest BCUT2D eigenvalue weighted by molar-refractivity contribution is 0.411. The number of hydrogen-bond donors (Lipinski definition) is 2. The molecule has 0 fully saturated rings. The quantitative estimate of drug-likeness (QED) is 0.442. The third-order valence-electron chi connectivity index (χ3n) is 2.74. The monoisotopic (exact) mass is 433 g/mol. The van der Waals surface area contributed by atoms with Crippen molar-refractivity contribution >= 4 is 38.5 Å². The minimum Gasteiger partial charge on any atom is -0.495 e.